The van der Waals surface area contributed by atoms with Crippen LogP contribution in [0, 0.1) is 0 Å². The van der Waals surface area contributed by atoms with Gasteiger partial charge in [-0.2, -0.15) is 0 Å². The fourth-order valence-electron chi connectivity index (χ4n) is 3.35. The largest absolute Gasteiger partial charge is 0.312 e. The molecule has 3 aromatic rings. The molecule has 0 bridgehead atoms. The summed E-state index contributed by atoms with van der Waals surface area (Å²) in [6, 6.07) is 15.0. The highest BCUT2D eigenvalue weighted by Crippen LogP contribution is 2.34. The number of aromatic nitrogens is 2. The highest BCUT2D eigenvalue weighted by molar-refractivity contribution is 7.91. The van der Waals surface area contributed by atoms with Gasteiger partial charge in [0, 0.05) is 36.0 Å². The summed E-state index contributed by atoms with van der Waals surface area (Å²) in [5.41, 5.74) is 0.763. The summed E-state index contributed by atoms with van der Waals surface area (Å²) < 4.78 is 24.6. The van der Waals surface area contributed by atoms with Gasteiger partial charge in [-0.05, 0) is 36.4 Å². The lowest BCUT2D eigenvalue weighted by molar-refractivity contribution is -0.117. The first-order valence-corrected chi connectivity index (χ1v) is 12.6. The molecule has 2 amide bonds. The lowest BCUT2D eigenvalue weighted by atomic mass is 10.1. The lowest BCUT2D eigenvalue weighted by Gasteiger charge is -2.16. The van der Waals surface area contributed by atoms with Crippen LogP contribution < -0.4 is 10.2 Å². The van der Waals surface area contributed by atoms with Crippen molar-refractivity contribution in [3.8, 4) is 0 Å². The molecule has 1 aliphatic heterocycles. The Bertz CT molecular complexity index is 1230. The van der Waals surface area contributed by atoms with Crippen molar-refractivity contribution >= 4 is 55.4 Å². The van der Waals surface area contributed by atoms with Gasteiger partial charge in [0.15, 0.2) is 9.84 Å². The van der Waals surface area contributed by atoms with E-state index in [1.165, 1.54) is 23.5 Å². The zero-order valence-electron chi connectivity index (χ0n) is 16.8. The van der Waals surface area contributed by atoms with Crippen molar-refractivity contribution in [1.82, 2.24) is 10.2 Å². The molecule has 0 saturated carbocycles. The number of nitrogens with zero attached hydrogens (tertiary/aromatic N) is 3. The van der Waals surface area contributed by atoms with Crippen LogP contribution in [0.1, 0.15) is 23.8 Å². The third-order valence-electron chi connectivity index (χ3n) is 5.00. The van der Waals surface area contributed by atoms with Crippen LogP contribution in [0.25, 0.3) is 0 Å². The molecule has 2 aromatic carbocycles. The van der Waals surface area contributed by atoms with Gasteiger partial charge in [-0.15, -0.1) is 10.2 Å². The number of carbonyl (C=O) groups excluding carboxylic acids is 2. The Morgan fingerprint density at radius 2 is 1.84 bits per heavy atom. The summed E-state index contributed by atoms with van der Waals surface area (Å²) in [6.45, 7) is 0.457. The van der Waals surface area contributed by atoms with Crippen molar-refractivity contribution in [2.75, 3.05) is 22.5 Å². The molecule has 4 rings (SSSR count). The number of carbonyl (C=O) groups is 2. The first-order chi connectivity index (χ1) is 15.3. The second kappa shape index (κ2) is 9.35. The maximum atomic E-state index is 12.4. The summed E-state index contributed by atoms with van der Waals surface area (Å²) in [6.07, 6.45) is 0.0962. The number of nitrogens with one attached hydrogen (secondary N) is 1. The minimum atomic E-state index is -3.54. The van der Waals surface area contributed by atoms with E-state index in [9.17, 15) is 18.0 Å². The number of benzene rings is 2. The van der Waals surface area contributed by atoms with E-state index in [-0.39, 0.29) is 34.0 Å². The highest BCUT2D eigenvalue weighted by Gasteiger charge is 2.34. The Morgan fingerprint density at radius 1 is 1.12 bits per heavy atom. The fourth-order valence-corrected chi connectivity index (χ4v) is 5.59. The predicted octanol–water partition coefficient (Wildman–Crippen LogP) is 3.51. The SMILES string of the molecule is O=C(CCS(=O)(=O)c1ccccc1)Nc1nnc([C@H]2CC(=O)N(c3ccc(Cl)cc3)C2)s1. The molecule has 0 spiro atoms. The van der Waals surface area contributed by atoms with E-state index in [1.54, 1.807) is 47.4 Å². The molecular formula is C21H19ClN4O4S2. The molecule has 1 N–H and O–H groups in total. The van der Waals surface area contributed by atoms with Gasteiger partial charge in [0.1, 0.15) is 5.01 Å². The molecule has 0 aliphatic carbocycles. The molecule has 1 fully saturated rings. The number of rotatable bonds is 7. The van der Waals surface area contributed by atoms with Crippen LogP contribution in [-0.4, -0.2) is 42.7 Å². The van der Waals surface area contributed by atoms with Crippen molar-refractivity contribution in [1.29, 1.82) is 0 Å². The summed E-state index contributed by atoms with van der Waals surface area (Å²) in [5.74, 6) is -0.927. The third-order valence-corrected chi connectivity index (χ3v) is 7.98. The van der Waals surface area contributed by atoms with Crippen LogP contribution in [-0.2, 0) is 19.4 Å². The molecular weight excluding hydrogens is 472 g/mol. The number of halogens is 1. The molecule has 0 unspecified atom stereocenters. The summed E-state index contributed by atoms with van der Waals surface area (Å²) in [4.78, 5) is 26.5. The second-order valence-corrected chi connectivity index (χ2v) is 10.8. The number of anilines is 2. The van der Waals surface area contributed by atoms with E-state index >= 15 is 0 Å². The van der Waals surface area contributed by atoms with Crippen molar-refractivity contribution in [3.63, 3.8) is 0 Å². The smallest absolute Gasteiger partial charge is 0.227 e. The molecule has 11 heteroatoms. The van der Waals surface area contributed by atoms with E-state index in [2.05, 4.69) is 15.5 Å². The Hall–Kier alpha value is -2.82. The van der Waals surface area contributed by atoms with Crippen LogP contribution in [0.5, 0.6) is 0 Å². The molecule has 1 aromatic heterocycles. The first-order valence-electron chi connectivity index (χ1n) is 9.79. The van der Waals surface area contributed by atoms with Gasteiger partial charge in [0.2, 0.25) is 16.9 Å². The van der Waals surface area contributed by atoms with Crippen molar-refractivity contribution in [3.05, 3.63) is 64.6 Å². The zero-order chi connectivity index (χ0) is 22.7. The molecule has 32 heavy (non-hydrogen) atoms. The van der Waals surface area contributed by atoms with Gasteiger partial charge in [0.05, 0.1) is 10.6 Å². The minimum Gasteiger partial charge on any atom is -0.312 e. The Kier molecular flexibility index (Phi) is 6.54. The molecule has 2 heterocycles. The Morgan fingerprint density at radius 3 is 2.56 bits per heavy atom. The van der Waals surface area contributed by atoms with Crippen LogP contribution in [0.2, 0.25) is 5.02 Å². The maximum Gasteiger partial charge on any atom is 0.227 e. The summed E-state index contributed by atoms with van der Waals surface area (Å²) in [5, 5.41) is 12.2. The Balaban J connectivity index is 1.34. The van der Waals surface area contributed by atoms with Crippen LogP contribution in [0.3, 0.4) is 0 Å². The van der Waals surface area contributed by atoms with Gasteiger partial charge in [0.25, 0.3) is 0 Å². The molecule has 1 atom stereocenters. The second-order valence-electron chi connectivity index (χ2n) is 7.26. The molecule has 1 saturated heterocycles. The molecule has 166 valence electrons. The monoisotopic (exact) mass is 490 g/mol. The van der Waals surface area contributed by atoms with Gasteiger partial charge in [-0.1, -0.05) is 41.1 Å². The van der Waals surface area contributed by atoms with E-state index in [4.69, 9.17) is 11.6 Å². The topological polar surface area (TPSA) is 109 Å². The normalized spacial score (nSPS) is 16.3. The molecule has 1 aliphatic rings. The van der Waals surface area contributed by atoms with Crippen LogP contribution in [0.15, 0.2) is 59.5 Å². The van der Waals surface area contributed by atoms with E-state index in [0.717, 1.165) is 5.69 Å². The summed E-state index contributed by atoms with van der Waals surface area (Å²) >= 11 is 7.10. The third kappa shape index (κ3) is 5.14. The molecule has 8 nitrogen and oxygen atoms in total. The lowest BCUT2D eigenvalue weighted by Crippen LogP contribution is -2.24. The minimum absolute atomic E-state index is 0.0239. The van der Waals surface area contributed by atoms with E-state index in [0.29, 0.717) is 23.0 Å². The number of hydrogen-bond acceptors (Lipinski definition) is 7. The zero-order valence-corrected chi connectivity index (χ0v) is 19.2. The van der Waals surface area contributed by atoms with Crippen molar-refractivity contribution in [2.24, 2.45) is 0 Å². The van der Waals surface area contributed by atoms with Gasteiger partial charge >= 0.3 is 0 Å². The summed E-state index contributed by atoms with van der Waals surface area (Å²) in [7, 11) is -3.54. The first kappa shape index (κ1) is 22.4. The average Bonchev–Trinajstić information content (AvgIpc) is 3.40. The maximum absolute atomic E-state index is 12.4. The van der Waals surface area contributed by atoms with Gasteiger partial charge in [-0.3, -0.25) is 9.59 Å². The van der Waals surface area contributed by atoms with Gasteiger partial charge < -0.3 is 10.2 Å². The average molecular weight is 491 g/mol. The fraction of sp³-hybridized carbons (Fsp3) is 0.238. The van der Waals surface area contributed by atoms with Crippen molar-refractivity contribution < 1.29 is 18.0 Å². The highest BCUT2D eigenvalue weighted by atomic mass is 35.5. The molecule has 0 radical (unpaired) electrons. The standard InChI is InChI=1S/C21H19ClN4O4S2/c22-15-6-8-16(9-7-15)26-13-14(12-19(26)28)20-24-25-21(31-20)23-18(27)10-11-32(29,30)17-4-2-1-3-5-17/h1-9,14H,10-13H2,(H,23,25,27)/t14-/m0/s1. The number of sulfone groups is 1. The van der Waals surface area contributed by atoms with E-state index in [1.807, 2.05) is 0 Å². The van der Waals surface area contributed by atoms with Crippen molar-refractivity contribution in [2.45, 2.75) is 23.7 Å². The quantitative estimate of drug-likeness (QED) is 0.542. The number of hydrogen-bond donors (Lipinski definition) is 1. The Labute approximate surface area is 194 Å². The van der Waals surface area contributed by atoms with E-state index < -0.39 is 15.7 Å². The van der Waals surface area contributed by atoms with Gasteiger partial charge in [-0.25, -0.2) is 8.42 Å². The number of amides is 2. The van der Waals surface area contributed by atoms with Crippen LogP contribution >= 0.6 is 22.9 Å². The predicted molar refractivity (Wildman–Crippen MR) is 123 cm³/mol. The van der Waals surface area contributed by atoms with Crippen LogP contribution in [0.4, 0.5) is 10.8 Å².